The Morgan fingerprint density at radius 1 is 1.59 bits per heavy atom. The number of aromatic nitrogens is 2. The number of fused-ring (bicyclic) bond motifs is 1. The lowest BCUT2D eigenvalue weighted by molar-refractivity contribution is 0.0945. The first-order valence-corrected chi connectivity index (χ1v) is 8.42. The van der Waals surface area contributed by atoms with Gasteiger partial charge < -0.3 is 10.3 Å². The molecule has 1 fully saturated rings. The van der Waals surface area contributed by atoms with Crippen LogP contribution >= 0.6 is 11.3 Å². The number of likely N-dealkylation sites (tertiary alicyclic amines) is 1. The summed E-state index contributed by atoms with van der Waals surface area (Å²) >= 11 is 1.28. The number of nitrogens with zero attached hydrogens (tertiary/aromatic N) is 2. The Bertz CT molecular complexity index is 752. The second kappa shape index (κ2) is 6.18. The van der Waals surface area contributed by atoms with Gasteiger partial charge in [0, 0.05) is 12.6 Å². The predicted molar refractivity (Wildman–Crippen MR) is 87.6 cm³/mol. The molecular formula is C15H20N4O2S. The smallest absolute Gasteiger partial charge is 0.261 e. The molecule has 1 aliphatic heterocycles. The molecule has 1 aliphatic rings. The van der Waals surface area contributed by atoms with Crippen LogP contribution in [-0.2, 0) is 0 Å². The second-order valence-corrected chi connectivity index (χ2v) is 6.60. The molecule has 6 nitrogen and oxygen atoms in total. The van der Waals surface area contributed by atoms with E-state index in [0.29, 0.717) is 33.2 Å². The van der Waals surface area contributed by atoms with Crippen molar-refractivity contribution in [2.45, 2.75) is 32.7 Å². The van der Waals surface area contributed by atoms with E-state index in [4.69, 9.17) is 0 Å². The summed E-state index contributed by atoms with van der Waals surface area (Å²) in [4.78, 5) is 34.6. The van der Waals surface area contributed by atoms with Gasteiger partial charge in [-0.1, -0.05) is 6.92 Å². The summed E-state index contributed by atoms with van der Waals surface area (Å²) in [5, 5.41) is 3.54. The molecule has 0 saturated carbocycles. The van der Waals surface area contributed by atoms with Crippen LogP contribution in [0.3, 0.4) is 0 Å². The molecule has 3 heterocycles. The number of likely N-dealkylation sites (N-methyl/N-ethyl adjacent to an activating group) is 1. The highest BCUT2D eigenvalue weighted by molar-refractivity contribution is 7.20. The Labute approximate surface area is 132 Å². The van der Waals surface area contributed by atoms with Crippen molar-refractivity contribution in [3.05, 3.63) is 27.1 Å². The highest BCUT2D eigenvalue weighted by Crippen LogP contribution is 2.26. The normalized spacial score (nSPS) is 18.9. The van der Waals surface area contributed by atoms with E-state index in [1.165, 1.54) is 24.1 Å². The third kappa shape index (κ3) is 2.66. The van der Waals surface area contributed by atoms with Gasteiger partial charge in [0.15, 0.2) is 0 Å². The van der Waals surface area contributed by atoms with Gasteiger partial charge in [-0.2, -0.15) is 0 Å². The van der Waals surface area contributed by atoms with Gasteiger partial charge in [-0.25, -0.2) is 4.98 Å². The van der Waals surface area contributed by atoms with Gasteiger partial charge in [-0.3, -0.25) is 14.5 Å². The summed E-state index contributed by atoms with van der Waals surface area (Å²) in [6.45, 7) is 6.73. The van der Waals surface area contributed by atoms with Crippen LogP contribution < -0.4 is 10.9 Å². The fraction of sp³-hybridized carbons (Fsp3) is 0.533. The monoisotopic (exact) mass is 320 g/mol. The molecule has 22 heavy (non-hydrogen) atoms. The van der Waals surface area contributed by atoms with E-state index in [2.05, 4.69) is 27.1 Å². The standard InChI is InChI=1S/C15H20N4O2S/c1-3-19-6-4-5-10(19)7-16-14(21)12-9(2)11-13(20)17-8-18-15(11)22-12/h8,10H,3-7H2,1-2H3,(H,16,21)(H,17,18,20)/t10-/m0/s1. The van der Waals surface area contributed by atoms with Gasteiger partial charge in [0.25, 0.3) is 11.5 Å². The maximum Gasteiger partial charge on any atom is 0.261 e. The van der Waals surface area contributed by atoms with E-state index >= 15 is 0 Å². The number of H-pyrrole nitrogens is 1. The van der Waals surface area contributed by atoms with Crippen molar-refractivity contribution in [1.82, 2.24) is 20.2 Å². The zero-order valence-corrected chi connectivity index (χ0v) is 13.6. The van der Waals surface area contributed by atoms with Crippen molar-refractivity contribution in [3.63, 3.8) is 0 Å². The summed E-state index contributed by atoms with van der Waals surface area (Å²) in [6.07, 6.45) is 3.69. The Morgan fingerprint density at radius 3 is 3.14 bits per heavy atom. The molecule has 1 saturated heterocycles. The van der Waals surface area contributed by atoms with Gasteiger partial charge in [0.05, 0.1) is 16.6 Å². The topological polar surface area (TPSA) is 78.1 Å². The van der Waals surface area contributed by atoms with E-state index in [9.17, 15) is 9.59 Å². The molecule has 2 aromatic rings. The zero-order valence-electron chi connectivity index (χ0n) is 12.8. The van der Waals surface area contributed by atoms with Crippen LogP contribution in [0.4, 0.5) is 0 Å². The summed E-state index contributed by atoms with van der Waals surface area (Å²) in [6, 6.07) is 0.421. The molecule has 0 aliphatic carbocycles. The maximum absolute atomic E-state index is 12.4. The van der Waals surface area contributed by atoms with E-state index in [1.807, 2.05) is 0 Å². The average molecular weight is 320 g/mol. The van der Waals surface area contributed by atoms with E-state index in [1.54, 1.807) is 6.92 Å². The second-order valence-electron chi connectivity index (χ2n) is 5.60. The number of hydrogen-bond acceptors (Lipinski definition) is 5. The molecule has 3 rings (SSSR count). The molecule has 0 spiro atoms. The first-order chi connectivity index (χ1) is 10.6. The Kier molecular flexibility index (Phi) is 4.26. The maximum atomic E-state index is 12.4. The van der Waals surface area contributed by atoms with Gasteiger partial charge in [0.1, 0.15) is 4.83 Å². The number of hydrogen-bond donors (Lipinski definition) is 2. The third-order valence-electron chi connectivity index (χ3n) is 4.34. The number of carbonyl (C=O) groups is 1. The molecule has 1 amide bonds. The van der Waals surface area contributed by atoms with Crippen LogP contribution in [0.25, 0.3) is 10.2 Å². The molecule has 2 aromatic heterocycles. The van der Waals surface area contributed by atoms with Crippen molar-refractivity contribution < 1.29 is 4.79 Å². The van der Waals surface area contributed by atoms with Crippen LogP contribution in [0.5, 0.6) is 0 Å². The van der Waals surface area contributed by atoms with E-state index in [0.717, 1.165) is 19.5 Å². The van der Waals surface area contributed by atoms with Crippen molar-refractivity contribution in [2.75, 3.05) is 19.6 Å². The lowest BCUT2D eigenvalue weighted by atomic mass is 10.2. The van der Waals surface area contributed by atoms with Crippen LogP contribution in [-0.4, -0.2) is 46.5 Å². The predicted octanol–water partition coefficient (Wildman–Crippen LogP) is 1.51. The lowest BCUT2D eigenvalue weighted by Gasteiger charge is -2.22. The van der Waals surface area contributed by atoms with Crippen LogP contribution in [0.15, 0.2) is 11.1 Å². The Balaban J connectivity index is 1.77. The summed E-state index contributed by atoms with van der Waals surface area (Å²) in [5.41, 5.74) is 0.524. The lowest BCUT2D eigenvalue weighted by Crippen LogP contribution is -2.39. The van der Waals surface area contributed by atoms with Crippen molar-refractivity contribution >= 4 is 27.5 Å². The molecular weight excluding hydrogens is 300 g/mol. The highest BCUT2D eigenvalue weighted by Gasteiger charge is 2.24. The van der Waals surface area contributed by atoms with Gasteiger partial charge >= 0.3 is 0 Å². The minimum absolute atomic E-state index is 0.108. The third-order valence-corrected chi connectivity index (χ3v) is 5.54. The first kappa shape index (κ1) is 15.2. The fourth-order valence-electron chi connectivity index (χ4n) is 3.13. The number of thiophene rings is 1. The Hall–Kier alpha value is -1.73. The van der Waals surface area contributed by atoms with Crippen LogP contribution in [0.2, 0.25) is 0 Å². The quantitative estimate of drug-likeness (QED) is 0.895. The number of rotatable bonds is 4. The molecule has 7 heteroatoms. The number of carbonyl (C=O) groups excluding carboxylic acids is 1. The highest BCUT2D eigenvalue weighted by atomic mass is 32.1. The van der Waals surface area contributed by atoms with Gasteiger partial charge in [-0.05, 0) is 38.4 Å². The Morgan fingerprint density at radius 2 is 2.41 bits per heavy atom. The summed E-state index contributed by atoms with van der Waals surface area (Å²) < 4.78 is 0. The van der Waals surface area contributed by atoms with Crippen LogP contribution in [0.1, 0.15) is 35.0 Å². The fourth-order valence-corrected chi connectivity index (χ4v) is 4.19. The molecule has 0 bridgehead atoms. The minimum Gasteiger partial charge on any atom is -0.350 e. The minimum atomic E-state index is -0.189. The number of amides is 1. The number of nitrogens with one attached hydrogen (secondary N) is 2. The number of aryl methyl sites for hydroxylation is 1. The van der Waals surface area contributed by atoms with E-state index < -0.39 is 0 Å². The van der Waals surface area contributed by atoms with Crippen molar-refractivity contribution in [1.29, 1.82) is 0 Å². The first-order valence-electron chi connectivity index (χ1n) is 7.60. The summed E-state index contributed by atoms with van der Waals surface area (Å²) in [7, 11) is 0. The molecule has 118 valence electrons. The molecule has 0 unspecified atom stereocenters. The molecule has 0 radical (unpaired) electrons. The average Bonchev–Trinajstić information content (AvgIpc) is 3.10. The summed E-state index contributed by atoms with van der Waals surface area (Å²) in [5.74, 6) is -0.108. The number of aromatic amines is 1. The van der Waals surface area contributed by atoms with Crippen molar-refractivity contribution in [2.24, 2.45) is 0 Å². The zero-order chi connectivity index (χ0) is 15.7. The van der Waals surface area contributed by atoms with Crippen molar-refractivity contribution in [3.8, 4) is 0 Å². The van der Waals surface area contributed by atoms with Gasteiger partial charge in [0.2, 0.25) is 0 Å². The largest absolute Gasteiger partial charge is 0.350 e. The van der Waals surface area contributed by atoms with E-state index in [-0.39, 0.29) is 11.5 Å². The van der Waals surface area contributed by atoms with Crippen LogP contribution in [0, 0.1) is 6.92 Å². The SMILES string of the molecule is CCN1CCC[C@H]1CNC(=O)c1sc2nc[nH]c(=O)c2c1C. The van der Waals surface area contributed by atoms with Gasteiger partial charge in [-0.15, -0.1) is 11.3 Å². The molecule has 2 N–H and O–H groups in total. The molecule has 1 atom stereocenters. The molecule has 0 aromatic carbocycles.